The first kappa shape index (κ1) is 18.6. The van der Waals surface area contributed by atoms with Gasteiger partial charge in [0, 0.05) is 33.8 Å². The monoisotopic (exact) mass is 352 g/mol. The fourth-order valence-electron chi connectivity index (χ4n) is 3.35. The summed E-state index contributed by atoms with van der Waals surface area (Å²) < 4.78 is 5.99. The number of carbonyl (C=O) groups is 1. The van der Waals surface area contributed by atoms with E-state index in [1.54, 1.807) is 4.90 Å². The van der Waals surface area contributed by atoms with E-state index in [4.69, 9.17) is 4.74 Å². The Morgan fingerprint density at radius 1 is 1.08 bits per heavy atom. The molecule has 2 aromatic rings. The first-order valence-electron chi connectivity index (χ1n) is 9.31. The molecule has 2 aromatic carbocycles. The van der Waals surface area contributed by atoms with Gasteiger partial charge in [-0.15, -0.1) is 0 Å². The first-order valence-corrected chi connectivity index (χ1v) is 9.31. The molecular weight excluding hydrogens is 324 g/mol. The van der Waals surface area contributed by atoms with Crippen LogP contribution in [0.5, 0.6) is 0 Å². The van der Waals surface area contributed by atoms with Crippen LogP contribution in [0, 0.1) is 0 Å². The summed E-state index contributed by atoms with van der Waals surface area (Å²) >= 11 is 0. The second-order valence-corrected chi connectivity index (χ2v) is 7.08. The lowest BCUT2D eigenvalue weighted by molar-refractivity contribution is -0.142. The molecule has 3 rings (SSSR count). The van der Waals surface area contributed by atoms with Crippen molar-refractivity contribution in [3.8, 4) is 0 Å². The Hall–Kier alpha value is -2.17. The molecule has 0 radical (unpaired) electrons. The topological polar surface area (TPSA) is 32.8 Å². The third kappa shape index (κ3) is 4.71. The van der Waals surface area contributed by atoms with Crippen molar-refractivity contribution in [3.05, 3.63) is 71.8 Å². The van der Waals surface area contributed by atoms with E-state index >= 15 is 0 Å². The van der Waals surface area contributed by atoms with Crippen LogP contribution in [0.4, 0.5) is 0 Å². The van der Waals surface area contributed by atoms with Crippen molar-refractivity contribution >= 4 is 5.91 Å². The molecule has 1 heterocycles. The highest BCUT2D eigenvalue weighted by molar-refractivity contribution is 5.83. The van der Waals surface area contributed by atoms with Crippen LogP contribution in [0.2, 0.25) is 0 Å². The van der Waals surface area contributed by atoms with Gasteiger partial charge in [-0.05, 0) is 24.0 Å². The van der Waals surface area contributed by atoms with Gasteiger partial charge in [0.1, 0.15) is 6.04 Å². The molecule has 1 atom stereocenters. The minimum Gasteiger partial charge on any atom is -0.376 e. The molecule has 0 aliphatic carbocycles. The van der Waals surface area contributed by atoms with Gasteiger partial charge in [0.05, 0.1) is 6.10 Å². The maximum atomic E-state index is 12.6. The molecule has 1 saturated heterocycles. The van der Waals surface area contributed by atoms with Crippen molar-refractivity contribution in [3.63, 3.8) is 0 Å². The number of aryl methyl sites for hydroxylation is 1. The molecule has 1 aliphatic heterocycles. The number of ether oxygens (including phenoxy) is 1. The van der Waals surface area contributed by atoms with Crippen molar-refractivity contribution in [2.24, 2.45) is 0 Å². The van der Waals surface area contributed by atoms with Crippen LogP contribution in [-0.2, 0) is 16.0 Å². The molecule has 0 N–H and O–H groups in total. The highest BCUT2D eigenvalue weighted by Gasteiger charge is 2.38. The van der Waals surface area contributed by atoms with Gasteiger partial charge in [0.25, 0.3) is 0 Å². The Morgan fingerprint density at radius 3 is 2.31 bits per heavy atom. The number of nitrogens with zero attached hydrogens (tertiary/aromatic N) is 2. The third-order valence-electron chi connectivity index (χ3n) is 4.84. The zero-order valence-electron chi connectivity index (χ0n) is 15.7. The van der Waals surface area contributed by atoms with Crippen LogP contribution in [-0.4, -0.2) is 55.6 Å². The summed E-state index contributed by atoms with van der Waals surface area (Å²) in [4.78, 5) is 16.5. The molecule has 0 aromatic heterocycles. The van der Waals surface area contributed by atoms with Gasteiger partial charge in [-0.3, -0.25) is 9.69 Å². The van der Waals surface area contributed by atoms with Crippen LogP contribution in [0.25, 0.3) is 0 Å². The van der Waals surface area contributed by atoms with E-state index < -0.39 is 0 Å². The lowest BCUT2D eigenvalue weighted by atomic mass is 9.99. The molecule has 0 unspecified atom stereocenters. The van der Waals surface area contributed by atoms with Crippen LogP contribution in [0.1, 0.15) is 23.6 Å². The van der Waals surface area contributed by atoms with Crippen molar-refractivity contribution in [2.45, 2.75) is 25.0 Å². The van der Waals surface area contributed by atoms with Crippen molar-refractivity contribution in [2.75, 3.05) is 33.8 Å². The Bertz CT molecular complexity index is 682. The van der Waals surface area contributed by atoms with Crippen LogP contribution in [0.15, 0.2) is 60.7 Å². The van der Waals surface area contributed by atoms with Crippen LogP contribution < -0.4 is 0 Å². The molecule has 1 fully saturated rings. The summed E-state index contributed by atoms with van der Waals surface area (Å²) in [5, 5.41) is 0. The minimum absolute atomic E-state index is 0.124. The second kappa shape index (κ2) is 8.97. The third-order valence-corrected chi connectivity index (χ3v) is 4.84. The van der Waals surface area contributed by atoms with E-state index in [0.717, 1.165) is 38.1 Å². The average molecular weight is 352 g/mol. The molecule has 4 heteroatoms. The summed E-state index contributed by atoms with van der Waals surface area (Å²) in [5.41, 5.74) is 2.40. The predicted molar refractivity (Wildman–Crippen MR) is 104 cm³/mol. The van der Waals surface area contributed by atoms with Gasteiger partial charge in [0.15, 0.2) is 0 Å². The standard InChI is InChI=1S/C22H28N2O2/c1-23(2)22(25)21(19-13-7-4-8-14-19)24-16-20(17-24)26-15-9-12-18-10-5-3-6-11-18/h3-8,10-11,13-14,20-21H,9,12,15-17H2,1-2H3/t21-/m1/s1. The minimum atomic E-state index is -0.213. The lowest BCUT2D eigenvalue weighted by Gasteiger charge is -2.44. The van der Waals surface area contributed by atoms with Crippen LogP contribution in [0.3, 0.4) is 0 Å². The summed E-state index contributed by atoms with van der Waals surface area (Å²) in [5.74, 6) is 0.124. The van der Waals surface area contributed by atoms with E-state index in [1.807, 2.05) is 50.5 Å². The average Bonchev–Trinajstić information content (AvgIpc) is 2.63. The van der Waals surface area contributed by atoms with Gasteiger partial charge in [-0.25, -0.2) is 0 Å². The van der Waals surface area contributed by atoms with Crippen molar-refractivity contribution in [1.82, 2.24) is 9.80 Å². The van der Waals surface area contributed by atoms with Crippen molar-refractivity contribution < 1.29 is 9.53 Å². The number of rotatable bonds is 8. The SMILES string of the molecule is CN(C)C(=O)[C@@H](c1ccccc1)N1CC(OCCCc2ccccc2)C1. The maximum absolute atomic E-state index is 12.6. The number of benzene rings is 2. The highest BCUT2D eigenvalue weighted by Crippen LogP contribution is 2.28. The number of hydrogen-bond acceptors (Lipinski definition) is 3. The van der Waals surface area contributed by atoms with E-state index in [0.29, 0.717) is 0 Å². The van der Waals surface area contributed by atoms with Crippen LogP contribution >= 0.6 is 0 Å². The molecule has 0 bridgehead atoms. The molecular formula is C22H28N2O2. The molecule has 138 valence electrons. The second-order valence-electron chi connectivity index (χ2n) is 7.08. The maximum Gasteiger partial charge on any atom is 0.244 e. The smallest absolute Gasteiger partial charge is 0.244 e. The molecule has 26 heavy (non-hydrogen) atoms. The van der Waals surface area contributed by atoms with Gasteiger partial charge in [-0.2, -0.15) is 0 Å². The first-order chi connectivity index (χ1) is 12.6. The number of likely N-dealkylation sites (N-methyl/N-ethyl adjacent to an activating group) is 1. The van der Waals surface area contributed by atoms with Gasteiger partial charge in [0.2, 0.25) is 5.91 Å². The Kier molecular flexibility index (Phi) is 6.42. The summed E-state index contributed by atoms with van der Waals surface area (Å²) in [6.45, 7) is 2.39. The van der Waals surface area contributed by atoms with Gasteiger partial charge in [-0.1, -0.05) is 60.7 Å². The number of hydrogen-bond donors (Lipinski definition) is 0. The van der Waals surface area contributed by atoms with Gasteiger partial charge >= 0.3 is 0 Å². The lowest BCUT2D eigenvalue weighted by Crippen LogP contribution is -2.56. The number of amides is 1. The quantitative estimate of drug-likeness (QED) is 0.684. The number of carbonyl (C=O) groups excluding carboxylic acids is 1. The number of likely N-dealkylation sites (tertiary alicyclic amines) is 1. The summed E-state index contributed by atoms with van der Waals surface area (Å²) in [7, 11) is 3.63. The van der Waals surface area contributed by atoms with E-state index in [2.05, 4.69) is 29.2 Å². The normalized spacial score (nSPS) is 16.1. The largest absolute Gasteiger partial charge is 0.376 e. The molecule has 0 saturated carbocycles. The summed E-state index contributed by atoms with van der Waals surface area (Å²) in [6, 6.07) is 20.3. The zero-order chi connectivity index (χ0) is 18.4. The fourth-order valence-corrected chi connectivity index (χ4v) is 3.35. The Labute approximate surface area is 156 Å². The van der Waals surface area contributed by atoms with E-state index in [9.17, 15) is 4.79 Å². The fraction of sp³-hybridized carbons (Fsp3) is 0.409. The Balaban J connectivity index is 1.46. The van der Waals surface area contributed by atoms with E-state index in [1.165, 1.54) is 5.56 Å². The van der Waals surface area contributed by atoms with Crippen molar-refractivity contribution in [1.29, 1.82) is 0 Å². The molecule has 1 amide bonds. The van der Waals surface area contributed by atoms with E-state index in [-0.39, 0.29) is 18.1 Å². The highest BCUT2D eigenvalue weighted by atomic mass is 16.5. The zero-order valence-corrected chi connectivity index (χ0v) is 15.7. The van der Waals surface area contributed by atoms with Gasteiger partial charge < -0.3 is 9.64 Å². The molecule has 1 aliphatic rings. The Morgan fingerprint density at radius 2 is 1.69 bits per heavy atom. The summed E-state index contributed by atoms with van der Waals surface area (Å²) in [6.07, 6.45) is 2.30. The predicted octanol–water partition coefficient (Wildman–Crippen LogP) is 3.15. The molecule has 0 spiro atoms. The molecule has 4 nitrogen and oxygen atoms in total.